The zero-order chi connectivity index (χ0) is 25.4. The first kappa shape index (κ1) is 25.8. The normalized spacial score (nSPS) is 14.7. The third-order valence-electron chi connectivity index (χ3n) is 5.82. The fourth-order valence-corrected chi connectivity index (χ4v) is 3.92. The number of nitrogens with one attached hydrogen (secondary N) is 1. The highest BCUT2D eigenvalue weighted by Crippen LogP contribution is 2.26. The Labute approximate surface area is 201 Å². The van der Waals surface area contributed by atoms with Crippen molar-refractivity contribution < 1.29 is 23.1 Å². The van der Waals surface area contributed by atoms with Crippen LogP contribution in [-0.4, -0.2) is 40.2 Å². The molecule has 0 aliphatic heterocycles. The summed E-state index contributed by atoms with van der Waals surface area (Å²) in [6.45, 7) is 0.363. The lowest BCUT2D eigenvalue weighted by molar-refractivity contribution is 0.0937. The second-order valence-electron chi connectivity index (χ2n) is 8.22. The molecule has 4 rings (SSSR count). The average molecular weight is 488 g/mol. The number of hydrogen-bond donors (Lipinski definition) is 3. The van der Waals surface area contributed by atoms with E-state index in [0.717, 1.165) is 42.5 Å². The molecule has 0 unspecified atom stereocenters. The van der Waals surface area contributed by atoms with Gasteiger partial charge in [-0.05, 0) is 37.0 Å². The number of hydrogen-bond acceptors (Lipinski definition) is 5. The summed E-state index contributed by atoms with van der Waals surface area (Å²) < 4.78 is 41.7. The summed E-state index contributed by atoms with van der Waals surface area (Å²) in [4.78, 5) is 19.9. The van der Waals surface area contributed by atoms with Crippen LogP contribution in [0.2, 0.25) is 0 Å². The second-order valence-corrected chi connectivity index (χ2v) is 8.22. The number of halogens is 3. The van der Waals surface area contributed by atoms with Gasteiger partial charge in [0.15, 0.2) is 17.4 Å². The number of rotatable bonds is 5. The number of aromatic nitrogens is 2. The van der Waals surface area contributed by atoms with Crippen molar-refractivity contribution in [1.82, 2.24) is 14.7 Å². The highest BCUT2D eigenvalue weighted by Gasteiger charge is 2.23. The van der Waals surface area contributed by atoms with E-state index in [1.165, 1.54) is 6.42 Å². The molecule has 186 valence electrons. The van der Waals surface area contributed by atoms with Gasteiger partial charge in [-0.1, -0.05) is 19.3 Å². The van der Waals surface area contributed by atoms with E-state index in [1.54, 1.807) is 25.7 Å². The van der Waals surface area contributed by atoms with Crippen molar-refractivity contribution in [1.29, 1.82) is 0 Å². The molecule has 1 saturated carbocycles. The fourth-order valence-electron chi connectivity index (χ4n) is 3.92. The number of aromatic hydroxyl groups is 1. The van der Waals surface area contributed by atoms with Crippen molar-refractivity contribution in [2.75, 3.05) is 13.6 Å². The van der Waals surface area contributed by atoms with E-state index in [0.29, 0.717) is 18.5 Å². The van der Waals surface area contributed by atoms with Crippen molar-refractivity contribution >= 4 is 23.3 Å². The molecule has 2 aromatic heterocycles. The minimum atomic E-state index is -1.74. The van der Waals surface area contributed by atoms with Crippen molar-refractivity contribution in [2.24, 2.45) is 16.6 Å². The molecule has 1 aromatic carbocycles. The van der Waals surface area contributed by atoms with Crippen LogP contribution >= 0.6 is 0 Å². The van der Waals surface area contributed by atoms with Gasteiger partial charge in [-0.15, -0.1) is 0 Å². The number of fused-ring (bicyclic) bond motifs is 1. The standard InChI is InChI=1S/C14H16F3NO2.C11H12N4/c15-10-6-9(11(16)12(17)13(10)19)14(20)18-7-8-4-2-1-3-5-8;1-13-7-10(6-12)9-2-3-11-14-4-5-15(11)8-9/h6,8,19H,1-5,7H2,(H,18,20);2-8H,12H2,1H3/b;10-6+,13-7?. The van der Waals surface area contributed by atoms with Crippen LogP contribution in [-0.2, 0) is 0 Å². The Balaban J connectivity index is 0.000000203. The molecular formula is C25H28F3N5O2. The second kappa shape index (κ2) is 12.0. The van der Waals surface area contributed by atoms with Crippen LogP contribution < -0.4 is 11.1 Å². The Bertz CT molecular complexity index is 1230. The summed E-state index contributed by atoms with van der Waals surface area (Å²) in [7, 11) is 1.72. The van der Waals surface area contributed by atoms with E-state index >= 15 is 0 Å². The van der Waals surface area contributed by atoms with Gasteiger partial charge in [0, 0.05) is 55.7 Å². The first-order chi connectivity index (χ1) is 16.8. The highest BCUT2D eigenvalue weighted by molar-refractivity contribution is 6.09. The molecule has 0 radical (unpaired) electrons. The smallest absolute Gasteiger partial charge is 0.254 e. The van der Waals surface area contributed by atoms with Crippen molar-refractivity contribution in [3.05, 3.63) is 71.6 Å². The monoisotopic (exact) mass is 487 g/mol. The van der Waals surface area contributed by atoms with E-state index in [9.17, 15) is 18.0 Å². The Morgan fingerprint density at radius 3 is 2.69 bits per heavy atom. The maximum absolute atomic E-state index is 13.5. The zero-order valence-electron chi connectivity index (χ0n) is 19.3. The molecule has 7 nitrogen and oxygen atoms in total. The molecule has 1 aliphatic rings. The van der Waals surface area contributed by atoms with Crippen molar-refractivity contribution in [2.45, 2.75) is 32.1 Å². The number of phenols is 1. The number of allylic oxidation sites excluding steroid dienone is 1. The van der Waals surface area contributed by atoms with Crippen LogP contribution in [0.4, 0.5) is 13.2 Å². The fraction of sp³-hybridized carbons (Fsp3) is 0.320. The molecule has 1 amide bonds. The molecule has 1 fully saturated rings. The molecule has 10 heteroatoms. The summed E-state index contributed by atoms with van der Waals surface area (Å²) in [6.07, 6.45) is 14.3. The first-order valence-corrected chi connectivity index (χ1v) is 11.3. The van der Waals surface area contributed by atoms with E-state index in [-0.39, 0.29) is 0 Å². The number of nitrogens with two attached hydrogens (primary N) is 1. The number of aliphatic imine (C=N–C) groups is 1. The van der Waals surface area contributed by atoms with Crippen LogP contribution in [0.3, 0.4) is 0 Å². The molecule has 1 aliphatic carbocycles. The Morgan fingerprint density at radius 1 is 1.26 bits per heavy atom. The predicted octanol–water partition coefficient (Wildman–Crippen LogP) is 4.45. The maximum Gasteiger partial charge on any atom is 0.254 e. The van der Waals surface area contributed by atoms with Crippen LogP contribution in [0.5, 0.6) is 5.75 Å². The number of nitrogens with zero attached hydrogens (tertiary/aromatic N) is 3. The van der Waals surface area contributed by atoms with Gasteiger partial charge < -0.3 is 20.6 Å². The largest absolute Gasteiger partial charge is 0.503 e. The minimum Gasteiger partial charge on any atom is -0.503 e. The summed E-state index contributed by atoms with van der Waals surface area (Å²) in [5, 5.41) is 11.4. The minimum absolute atomic E-state index is 0.322. The Hall–Kier alpha value is -3.82. The van der Waals surface area contributed by atoms with E-state index in [1.807, 2.05) is 28.9 Å². The number of pyridine rings is 1. The van der Waals surface area contributed by atoms with Crippen LogP contribution in [0.1, 0.15) is 48.0 Å². The quantitative estimate of drug-likeness (QED) is 0.365. The number of amides is 1. The Kier molecular flexibility index (Phi) is 8.88. The molecule has 4 N–H and O–H groups in total. The van der Waals surface area contributed by atoms with Gasteiger partial charge in [0.25, 0.3) is 5.91 Å². The number of carbonyl (C=O) groups is 1. The van der Waals surface area contributed by atoms with Gasteiger partial charge >= 0.3 is 0 Å². The maximum atomic E-state index is 13.5. The third-order valence-corrected chi connectivity index (χ3v) is 5.82. The topological polar surface area (TPSA) is 105 Å². The molecule has 0 bridgehead atoms. The molecule has 3 aromatic rings. The lowest BCUT2D eigenvalue weighted by Gasteiger charge is -2.21. The van der Waals surface area contributed by atoms with E-state index < -0.39 is 34.7 Å². The van der Waals surface area contributed by atoms with E-state index in [2.05, 4.69) is 15.3 Å². The number of imidazole rings is 1. The summed E-state index contributed by atoms with van der Waals surface area (Å²) in [6, 6.07) is 4.43. The molecule has 0 saturated heterocycles. The number of carbonyl (C=O) groups excluding carboxylic acids is 1. The third kappa shape index (κ3) is 6.40. The van der Waals surface area contributed by atoms with Gasteiger partial charge in [0.1, 0.15) is 5.65 Å². The average Bonchev–Trinajstić information content (AvgIpc) is 3.35. The van der Waals surface area contributed by atoms with Gasteiger partial charge in [0.2, 0.25) is 5.82 Å². The van der Waals surface area contributed by atoms with Gasteiger partial charge in [-0.3, -0.25) is 9.79 Å². The lowest BCUT2D eigenvalue weighted by Crippen LogP contribution is -2.31. The van der Waals surface area contributed by atoms with Crippen LogP contribution in [0.15, 0.2) is 48.0 Å². The van der Waals surface area contributed by atoms with Crippen LogP contribution in [0.25, 0.3) is 11.2 Å². The van der Waals surface area contributed by atoms with Gasteiger partial charge in [-0.2, -0.15) is 4.39 Å². The molecular weight excluding hydrogens is 459 g/mol. The molecule has 2 heterocycles. The molecule has 0 atom stereocenters. The van der Waals surface area contributed by atoms with Crippen LogP contribution in [0, 0.1) is 23.4 Å². The van der Waals surface area contributed by atoms with Crippen molar-refractivity contribution in [3.8, 4) is 5.75 Å². The number of phenolic OH excluding ortho intramolecular Hbond substituents is 1. The highest BCUT2D eigenvalue weighted by atomic mass is 19.2. The Morgan fingerprint density at radius 2 is 2.00 bits per heavy atom. The van der Waals surface area contributed by atoms with Crippen molar-refractivity contribution in [3.63, 3.8) is 0 Å². The summed E-state index contributed by atoms with van der Waals surface area (Å²) in [5.74, 6) is -6.59. The number of benzene rings is 1. The first-order valence-electron chi connectivity index (χ1n) is 11.3. The van der Waals surface area contributed by atoms with Gasteiger partial charge in [-0.25, -0.2) is 13.8 Å². The summed E-state index contributed by atoms with van der Waals surface area (Å²) >= 11 is 0. The summed E-state index contributed by atoms with van der Waals surface area (Å²) in [5.41, 5.74) is 7.64. The van der Waals surface area contributed by atoms with Gasteiger partial charge in [0.05, 0.1) is 5.56 Å². The SMILES string of the molecule is CN=C/C(=C\N)c1ccc2nccn2c1.O=C(NCC1CCCCC1)c1cc(F)c(O)c(F)c1F. The molecule has 35 heavy (non-hydrogen) atoms. The van der Waals surface area contributed by atoms with E-state index in [4.69, 9.17) is 10.8 Å². The zero-order valence-corrected chi connectivity index (χ0v) is 19.3. The predicted molar refractivity (Wildman–Crippen MR) is 129 cm³/mol. The molecule has 0 spiro atoms. The lowest BCUT2D eigenvalue weighted by atomic mass is 9.89.